The summed E-state index contributed by atoms with van der Waals surface area (Å²) in [4.78, 5) is 8.40. The lowest BCUT2D eigenvalue weighted by Crippen LogP contribution is -2.22. The Bertz CT molecular complexity index is 2410. The summed E-state index contributed by atoms with van der Waals surface area (Å²) in [6.07, 6.45) is 0.784. The van der Waals surface area contributed by atoms with Gasteiger partial charge in [0, 0.05) is 43.3 Å². The number of azo groups is 1. The molecule has 21 heteroatoms. The number of nitrogens with zero attached hydrogens (tertiary/aromatic N) is 4. The van der Waals surface area contributed by atoms with Gasteiger partial charge >= 0.3 is 0 Å². The molecule has 0 unspecified atom stereocenters. The molecular weight excluding hydrogens is 701 g/mol. The highest BCUT2D eigenvalue weighted by Crippen LogP contribution is 2.44. The minimum Gasteiger partial charge on any atom is -0.506 e. The second-order valence-corrected chi connectivity index (χ2v) is 17.6. The van der Waals surface area contributed by atoms with Crippen molar-refractivity contribution in [2.24, 2.45) is 10.2 Å². The van der Waals surface area contributed by atoms with Crippen molar-refractivity contribution in [1.29, 1.82) is 0 Å². The zero-order valence-corrected chi connectivity index (χ0v) is 28.1. The van der Waals surface area contributed by atoms with Crippen molar-refractivity contribution in [3.05, 3.63) is 76.8 Å². The molecule has 0 aliphatic heterocycles. The molecule has 3 N–H and O–H groups in total. The number of rotatable bonds is 11. The molecule has 17 nitrogen and oxygen atoms in total. The van der Waals surface area contributed by atoms with E-state index >= 15 is 0 Å². The van der Waals surface area contributed by atoms with Gasteiger partial charge in [0.25, 0.3) is 15.7 Å². The number of phenols is 1. The van der Waals surface area contributed by atoms with Gasteiger partial charge in [-0.05, 0) is 43.4 Å². The van der Waals surface area contributed by atoms with Crippen LogP contribution in [0.15, 0.2) is 96.5 Å². The van der Waals surface area contributed by atoms with Crippen molar-refractivity contribution < 1.29 is 43.7 Å². The monoisotopic (exact) mass is 726 g/mol. The Kier molecular flexibility index (Phi) is 9.45. The number of nitro benzene ring substituents is 1. The number of fused-ring (bicyclic) bond motifs is 1. The fraction of sp³-hybridized carbons (Fsp3) is 0.154. The van der Waals surface area contributed by atoms with Crippen molar-refractivity contribution in [3.8, 4) is 5.75 Å². The maximum absolute atomic E-state index is 13.5. The van der Waals surface area contributed by atoms with Crippen molar-refractivity contribution in [3.63, 3.8) is 0 Å². The first-order valence-corrected chi connectivity index (χ1v) is 19.2. The number of phenolic OH excluding ortho intramolecular Hbond substituents is 1. The molecule has 4 aromatic rings. The summed E-state index contributed by atoms with van der Waals surface area (Å²) in [6, 6.07) is 11.9. The first kappa shape index (κ1) is 35.3. The SMILES string of the molecule is CNS(=O)(=O)c1cccc(S(=O)(=O)Nc2cccc3c(O)c(S(=O)(=O)N(C)C)cc(N=Nc4ccc([N+](=O)[O-])cc4S(C)(=O)=O)c23)c1. The van der Waals surface area contributed by atoms with Gasteiger partial charge in [-0.25, -0.2) is 42.7 Å². The van der Waals surface area contributed by atoms with Crippen molar-refractivity contribution >= 4 is 73.4 Å². The van der Waals surface area contributed by atoms with E-state index in [4.69, 9.17) is 0 Å². The van der Waals surface area contributed by atoms with Crippen LogP contribution in [0.5, 0.6) is 5.75 Å². The number of non-ortho nitro benzene ring substituents is 1. The summed E-state index contributed by atoms with van der Waals surface area (Å²) < 4.78 is 108. The number of nitro groups is 1. The van der Waals surface area contributed by atoms with Crippen molar-refractivity contribution in [2.75, 3.05) is 32.1 Å². The molecule has 0 saturated heterocycles. The van der Waals surface area contributed by atoms with E-state index in [1.807, 2.05) is 0 Å². The van der Waals surface area contributed by atoms with E-state index in [1.54, 1.807) is 0 Å². The molecule has 250 valence electrons. The first-order chi connectivity index (χ1) is 21.7. The Labute approximate surface area is 269 Å². The summed E-state index contributed by atoms with van der Waals surface area (Å²) in [5.41, 5.74) is -1.53. The fourth-order valence-electron chi connectivity index (χ4n) is 4.21. The summed E-state index contributed by atoms with van der Waals surface area (Å²) in [5, 5.41) is 29.9. The molecular formula is C26H26N6O11S4. The standard InChI is InChI=1S/C26H26N6O11S4/c1-27-45(38,39)17-7-5-8-18(14-17)46(40,41)30-21-10-6-9-19-25(21)22(15-24(26(19)33)47(42,43)31(2)3)29-28-20-12-11-16(32(34)35)13-23(20)44(4,36)37/h5-15,27,30,33H,1-4H3. The average molecular weight is 727 g/mol. The van der Waals surface area contributed by atoms with Gasteiger partial charge in [0.2, 0.25) is 20.0 Å². The molecule has 0 saturated carbocycles. The minimum absolute atomic E-state index is 0.183. The predicted octanol–water partition coefficient (Wildman–Crippen LogP) is 3.23. The molecule has 0 amide bonds. The van der Waals surface area contributed by atoms with Gasteiger partial charge < -0.3 is 5.11 Å². The summed E-state index contributed by atoms with van der Waals surface area (Å²) in [5.74, 6) is -0.775. The predicted molar refractivity (Wildman–Crippen MR) is 170 cm³/mol. The van der Waals surface area contributed by atoms with Crippen molar-refractivity contribution in [1.82, 2.24) is 9.03 Å². The smallest absolute Gasteiger partial charge is 0.270 e. The Morgan fingerprint density at radius 1 is 0.787 bits per heavy atom. The fourth-order valence-corrected chi connectivity index (χ4v) is 8.01. The minimum atomic E-state index is -4.55. The zero-order valence-electron chi connectivity index (χ0n) is 24.8. The maximum atomic E-state index is 13.5. The van der Waals surface area contributed by atoms with Crippen LogP contribution in [-0.2, 0) is 39.9 Å². The van der Waals surface area contributed by atoms with E-state index in [1.165, 1.54) is 44.4 Å². The second-order valence-electron chi connectivity index (χ2n) is 9.93. The van der Waals surface area contributed by atoms with Gasteiger partial charge in [0.05, 0.1) is 26.1 Å². The van der Waals surface area contributed by atoms with Gasteiger partial charge in [-0.2, -0.15) is 0 Å². The third-order valence-electron chi connectivity index (χ3n) is 6.59. The molecule has 47 heavy (non-hydrogen) atoms. The Morgan fingerprint density at radius 2 is 1.38 bits per heavy atom. The van der Waals surface area contributed by atoms with Crippen LogP contribution < -0.4 is 9.44 Å². The van der Waals surface area contributed by atoms with Crippen LogP contribution in [0.1, 0.15) is 0 Å². The Balaban J connectivity index is 2.00. The second kappa shape index (κ2) is 12.6. The van der Waals surface area contributed by atoms with E-state index in [0.717, 1.165) is 54.0 Å². The highest BCUT2D eigenvalue weighted by Gasteiger charge is 2.28. The normalized spacial score (nSPS) is 13.0. The highest BCUT2D eigenvalue weighted by atomic mass is 32.2. The molecule has 4 aromatic carbocycles. The lowest BCUT2D eigenvalue weighted by molar-refractivity contribution is -0.385. The largest absolute Gasteiger partial charge is 0.506 e. The summed E-state index contributed by atoms with van der Waals surface area (Å²) in [6.45, 7) is 0. The molecule has 0 aliphatic rings. The Morgan fingerprint density at radius 3 is 1.96 bits per heavy atom. The zero-order chi connectivity index (χ0) is 35.1. The van der Waals surface area contributed by atoms with Crippen LogP contribution in [0.4, 0.5) is 22.7 Å². The third-order valence-corrected chi connectivity index (χ3v) is 12.3. The van der Waals surface area contributed by atoms with Crippen LogP contribution in [0, 0.1) is 10.1 Å². The van der Waals surface area contributed by atoms with Gasteiger partial charge in [0.1, 0.15) is 21.2 Å². The summed E-state index contributed by atoms with van der Waals surface area (Å²) >= 11 is 0. The molecule has 0 aliphatic carbocycles. The van der Waals surface area contributed by atoms with Crippen LogP contribution in [0.3, 0.4) is 0 Å². The third kappa shape index (κ3) is 7.08. The number of aromatic hydroxyl groups is 1. The molecule has 0 radical (unpaired) electrons. The molecule has 0 bridgehead atoms. The van der Waals surface area contributed by atoms with Gasteiger partial charge in [-0.3, -0.25) is 14.8 Å². The molecule has 0 aromatic heterocycles. The lowest BCUT2D eigenvalue weighted by Gasteiger charge is -2.17. The number of hydrogen-bond acceptors (Lipinski definition) is 13. The van der Waals surface area contributed by atoms with E-state index in [0.29, 0.717) is 0 Å². The van der Waals surface area contributed by atoms with Gasteiger partial charge in [0.15, 0.2) is 9.84 Å². The Hall–Kier alpha value is -4.54. The molecule has 0 atom stereocenters. The van der Waals surface area contributed by atoms with E-state index < -0.39 is 71.0 Å². The highest BCUT2D eigenvalue weighted by molar-refractivity contribution is 7.93. The van der Waals surface area contributed by atoms with Crippen LogP contribution >= 0.6 is 0 Å². The molecule has 0 fully saturated rings. The topological polar surface area (TPSA) is 252 Å². The van der Waals surface area contributed by atoms with E-state index in [9.17, 15) is 48.9 Å². The average Bonchev–Trinajstić information content (AvgIpc) is 3.00. The number of anilines is 1. The first-order valence-electron chi connectivity index (χ1n) is 12.9. The van der Waals surface area contributed by atoms with E-state index in [2.05, 4.69) is 19.7 Å². The maximum Gasteiger partial charge on any atom is 0.270 e. The van der Waals surface area contributed by atoms with E-state index in [-0.39, 0.29) is 32.7 Å². The lowest BCUT2D eigenvalue weighted by atomic mass is 10.1. The van der Waals surface area contributed by atoms with Crippen LogP contribution in [0.25, 0.3) is 10.8 Å². The van der Waals surface area contributed by atoms with Crippen molar-refractivity contribution in [2.45, 2.75) is 19.6 Å². The van der Waals surface area contributed by atoms with Gasteiger partial charge in [-0.15, -0.1) is 10.2 Å². The number of nitrogens with one attached hydrogen (secondary N) is 2. The van der Waals surface area contributed by atoms with Crippen LogP contribution in [0.2, 0.25) is 0 Å². The van der Waals surface area contributed by atoms with Gasteiger partial charge in [-0.1, -0.05) is 18.2 Å². The molecule has 0 heterocycles. The van der Waals surface area contributed by atoms with Crippen LogP contribution in [-0.4, -0.2) is 75.4 Å². The summed E-state index contributed by atoms with van der Waals surface area (Å²) in [7, 11) is -13.5. The molecule has 0 spiro atoms. The number of benzene rings is 4. The number of hydrogen-bond donors (Lipinski definition) is 3. The quantitative estimate of drug-likeness (QED) is 0.115. The molecule has 4 rings (SSSR count). The number of sulfonamides is 3. The number of sulfone groups is 1.